The SMILES string of the molecule is O=c1c(CC2CCCCC2F)cc2c(n1CC1CCC1)CCCC2. The van der Waals surface area contributed by atoms with Crippen molar-refractivity contribution < 1.29 is 4.39 Å². The van der Waals surface area contributed by atoms with Gasteiger partial charge in [0.25, 0.3) is 5.56 Å². The highest BCUT2D eigenvalue weighted by Crippen LogP contribution is 2.32. The largest absolute Gasteiger partial charge is 0.312 e. The molecular weight excluding hydrogens is 301 g/mol. The minimum Gasteiger partial charge on any atom is -0.312 e. The topological polar surface area (TPSA) is 22.0 Å². The fourth-order valence-electron chi connectivity index (χ4n) is 4.89. The molecule has 0 N–H and O–H groups in total. The summed E-state index contributed by atoms with van der Waals surface area (Å²) >= 11 is 0. The van der Waals surface area contributed by atoms with Crippen LogP contribution < -0.4 is 5.56 Å². The van der Waals surface area contributed by atoms with Crippen LogP contribution in [0.15, 0.2) is 10.9 Å². The van der Waals surface area contributed by atoms with Crippen molar-refractivity contribution in [2.24, 2.45) is 11.8 Å². The third-order valence-corrected chi connectivity index (χ3v) is 6.64. The van der Waals surface area contributed by atoms with Gasteiger partial charge in [0.1, 0.15) is 6.17 Å². The Hall–Kier alpha value is -1.12. The second-order valence-electron chi connectivity index (χ2n) is 8.33. The first kappa shape index (κ1) is 16.4. The maximum Gasteiger partial charge on any atom is 0.253 e. The van der Waals surface area contributed by atoms with E-state index in [0.717, 1.165) is 44.2 Å². The van der Waals surface area contributed by atoms with Crippen molar-refractivity contribution in [2.45, 2.75) is 89.8 Å². The molecule has 132 valence electrons. The molecule has 3 heteroatoms. The smallest absolute Gasteiger partial charge is 0.253 e. The summed E-state index contributed by atoms with van der Waals surface area (Å²) in [5.41, 5.74) is 3.76. The van der Waals surface area contributed by atoms with E-state index < -0.39 is 6.17 Å². The van der Waals surface area contributed by atoms with Gasteiger partial charge in [-0.15, -0.1) is 0 Å². The van der Waals surface area contributed by atoms with Crippen LogP contribution in [0.4, 0.5) is 4.39 Å². The molecule has 3 aliphatic rings. The van der Waals surface area contributed by atoms with Gasteiger partial charge in [0.05, 0.1) is 0 Å². The van der Waals surface area contributed by atoms with Crippen LogP contribution in [0.5, 0.6) is 0 Å². The van der Waals surface area contributed by atoms with E-state index >= 15 is 0 Å². The molecule has 0 spiro atoms. The number of pyridine rings is 1. The second kappa shape index (κ2) is 7.01. The number of rotatable bonds is 4. The van der Waals surface area contributed by atoms with E-state index in [2.05, 4.69) is 10.6 Å². The predicted molar refractivity (Wildman–Crippen MR) is 95.2 cm³/mol. The number of aromatic nitrogens is 1. The Bertz CT molecular complexity index is 646. The monoisotopic (exact) mass is 331 g/mol. The van der Waals surface area contributed by atoms with Crippen molar-refractivity contribution in [3.63, 3.8) is 0 Å². The van der Waals surface area contributed by atoms with E-state index in [4.69, 9.17) is 0 Å². The maximum absolute atomic E-state index is 14.3. The molecule has 2 saturated carbocycles. The summed E-state index contributed by atoms with van der Waals surface area (Å²) in [5.74, 6) is 0.748. The number of fused-ring (bicyclic) bond motifs is 1. The van der Waals surface area contributed by atoms with Crippen LogP contribution in [0.2, 0.25) is 0 Å². The molecule has 4 rings (SSSR count). The summed E-state index contributed by atoms with van der Waals surface area (Å²) < 4.78 is 16.4. The number of nitrogens with zero attached hydrogens (tertiary/aromatic N) is 1. The van der Waals surface area contributed by atoms with Gasteiger partial charge in [-0.05, 0) is 81.3 Å². The quantitative estimate of drug-likeness (QED) is 0.790. The average molecular weight is 331 g/mol. The van der Waals surface area contributed by atoms with Crippen molar-refractivity contribution in [3.8, 4) is 0 Å². The first-order valence-corrected chi connectivity index (χ1v) is 10.1. The van der Waals surface area contributed by atoms with Crippen molar-refractivity contribution >= 4 is 0 Å². The van der Waals surface area contributed by atoms with E-state index in [1.807, 2.05) is 0 Å². The van der Waals surface area contributed by atoms with Gasteiger partial charge in [0.15, 0.2) is 0 Å². The number of hydrogen-bond acceptors (Lipinski definition) is 1. The maximum atomic E-state index is 14.3. The highest BCUT2D eigenvalue weighted by Gasteiger charge is 2.28. The van der Waals surface area contributed by atoms with E-state index in [-0.39, 0.29) is 11.5 Å². The van der Waals surface area contributed by atoms with Crippen molar-refractivity contribution in [1.29, 1.82) is 0 Å². The van der Waals surface area contributed by atoms with Gasteiger partial charge in [-0.25, -0.2) is 4.39 Å². The van der Waals surface area contributed by atoms with E-state index in [1.165, 1.54) is 43.4 Å². The summed E-state index contributed by atoms with van der Waals surface area (Å²) in [7, 11) is 0. The van der Waals surface area contributed by atoms with Gasteiger partial charge >= 0.3 is 0 Å². The van der Waals surface area contributed by atoms with Crippen LogP contribution >= 0.6 is 0 Å². The van der Waals surface area contributed by atoms with Crippen LogP contribution in [0.1, 0.15) is 74.6 Å². The summed E-state index contributed by atoms with van der Waals surface area (Å²) in [6.45, 7) is 0.902. The lowest BCUT2D eigenvalue weighted by atomic mass is 9.82. The molecule has 3 aliphatic carbocycles. The molecular formula is C21H30FNO. The molecule has 1 aromatic heterocycles. The predicted octanol–water partition coefficient (Wildman–Crippen LogP) is 4.60. The third kappa shape index (κ3) is 3.19. The van der Waals surface area contributed by atoms with Crippen LogP contribution in [0.3, 0.4) is 0 Å². The normalized spacial score (nSPS) is 27.5. The fraction of sp³-hybridized carbons (Fsp3) is 0.762. The minimum absolute atomic E-state index is 0.0604. The Labute approximate surface area is 144 Å². The number of halogens is 1. The molecule has 0 bridgehead atoms. The minimum atomic E-state index is -0.714. The first-order chi connectivity index (χ1) is 11.7. The number of alkyl halides is 1. The lowest BCUT2D eigenvalue weighted by Gasteiger charge is -2.31. The molecule has 0 aromatic carbocycles. The van der Waals surface area contributed by atoms with E-state index in [0.29, 0.717) is 18.8 Å². The summed E-state index contributed by atoms with van der Waals surface area (Å²) in [6.07, 6.45) is 12.1. The van der Waals surface area contributed by atoms with Crippen molar-refractivity contribution in [2.75, 3.05) is 0 Å². The Morgan fingerprint density at radius 3 is 2.54 bits per heavy atom. The Balaban J connectivity index is 1.65. The zero-order valence-electron chi connectivity index (χ0n) is 14.7. The highest BCUT2D eigenvalue weighted by molar-refractivity contribution is 5.29. The van der Waals surface area contributed by atoms with Crippen molar-refractivity contribution in [1.82, 2.24) is 4.57 Å². The zero-order valence-corrected chi connectivity index (χ0v) is 14.7. The van der Waals surface area contributed by atoms with Gasteiger partial charge in [-0.1, -0.05) is 19.3 Å². The van der Waals surface area contributed by atoms with Crippen LogP contribution in [0.25, 0.3) is 0 Å². The fourth-order valence-corrected chi connectivity index (χ4v) is 4.89. The molecule has 0 amide bonds. The van der Waals surface area contributed by atoms with Gasteiger partial charge in [-0.3, -0.25) is 4.79 Å². The highest BCUT2D eigenvalue weighted by atomic mass is 19.1. The van der Waals surface area contributed by atoms with Gasteiger partial charge in [0.2, 0.25) is 0 Å². The molecule has 2 fully saturated rings. The molecule has 0 aliphatic heterocycles. The molecule has 0 radical (unpaired) electrons. The van der Waals surface area contributed by atoms with E-state index in [1.54, 1.807) is 0 Å². The average Bonchev–Trinajstić information content (AvgIpc) is 2.55. The Morgan fingerprint density at radius 1 is 1.00 bits per heavy atom. The second-order valence-corrected chi connectivity index (χ2v) is 8.33. The Morgan fingerprint density at radius 2 is 1.79 bits per heavy atom. The molecule has 24 heavy (non-hydrogen) atoms. The van der Waals surface area contributed by atoms with E-state index in [9.17, 15) is 9.18 Å². The molecule has 1 aromatic rings. The number of hydrogen-bond donors (Lipinski definition) is 0. The summed E-state index contributed by atoms with van der Waals surface area (Å²) in [4.78, 5) is 13.1. The van der Waals surface area contributed by atoms with Crippen LogP contribution in [0, 0.1) is 11.8 Å². The molecule has 2 atom stereocenters. The molecule has 1 heterocycles. The molecule has 0 saturated heterocycles. The number of aryl methyl sites for hydroxylation is 1. The molecule has 2 nitrogen and oxygen atoms in total. The summed E-state index contributed by atoms with van der Waals surface area (Å²) in [6, 6.07) is 2.15. The third-order valence-electron chi connectivity index (χ3n) is 6.64. The van der Waals surface area contributed by atoms with Crippen molar-refractivity contribution in [3.05, 3.63) is 33.2 Å². The molecule has 2 unspecified atom stereocenters. The van der Waals surface area contributed by atoms with Crippen LogP contribution in [-0.2, 0) is 25.8 Å². The van der Waals surface area contributed by atoms with Crippen LogP contribution in [-0.4, -0.2) is 10.7 Å². The lowest BCUT2D eigenvalue weighted by molar-refractivity contribution is 0.164. The Kier molecular flexibility index (Phi) is 4.78. The standard InChI is InChI=1S/C21H30FNO/c22-19-10-3-1-8-16(19)12-18-13-17-9-2-4-11-20(17)23(21(18)24)14-15-6-5-7-15/h13,15-16,19H,1-12,14H2. The van der Waals surface area contributed by atoms with Gasteiger partial charge in [-0.2, -0.15) is 0 Å². The van der Waals surface area contributed by atoms with Gasteiger partial charge in [0, 0.05) is 17.8 Å². The summed E-state index contributed by atoms with van der Waals surface area (Å²) in [5, 5.41) is 0. The van der Waals surface area contributed by atoms with Gasteiger partial charge < -0.3 is 4.57 Å². The first-order valence-electron chi connectivity index (χ1n) is 10.1. The zero-order chi connectivity index (χ0) is 16.5. The lowest BCUT2D eigenvalue weighted by Crippen LogP contribution is -2.35.